The molecule has 2 aromatic carbocycles. The van der Waals surface area contributed by atoms with Gasteiger partial charge in [0, 0.05) is 16.6 Å². The third-order valence-corrected chi connectivity index (χ3v) is 4.18. The van der Waals surface area contributed by atoms with Crippen molar-refractivity contribution < 1.29 is 19.4 Å². The number of halogens is 1. The minimum Gasteiger partial charge on any atom is -0.471 e. The lowest BCUT2D eigenvalue weighted by molar-refractivity contribution is -0.394. The highest BCUT2D eigenvalue weighted by molar-refractivity contribution is 9.10. The van der Waals surface area contributed by atoms with Crippen LogP contribution in [-0.4, -0.2) is 25.5 Å². The Labute approximate surface area is 171 Å². The van der Waals surface area contributed by atoms with Crippen LogP contribution in [0, 0.1) is 20.2 Å². The summed E-state index contributed by atoms with van der Waals surface area (Å²) in [6, 6.07) is 9.89. The first kappa shape index (κ1) is 19.9. The molecule has 148 valence electrons. The normalized spacial score (nSPS) is 10.4. The van der Waals surface area contributed by atoms with Crippen molar-refractivity contribution in [2.45, 2.75) is 6.73 Å². The van der Waals surface area contributed by atoms with E-state index in [-0.39, 0.29) is 12.3 Å². The van der Waals surface area contributed by atoms with Gasteiger partial charge in [-0.3, -0.25) is 25.0 Å². The third-order valence-electron chi connectivity index (χ3n) is 3.65. The Morgan fingerprint density at radius 3 is 2.31 bits per heavy atom. The topological polar surface area (TPSA) is 142 Å². The lowest BCUT2D eigenvalue weighted by atomic mass is 10.1. The van der Waals surface area contributed by atoms with Crippen molar-refractivity contribution in [2.75, 3.05) is 5.32 Å². The van der Waals surface area contributed by atoms with Crippen molar-refractivity contribution in [3.8, 4) is 5.75 Å². The van der Waals surface area contributed by atoms with Crippen LogP contribution in [0.25, 0.3) is 0 Å². The number of anilines is 1. The van der Waals surface area contributed by atoms with Crippen molar-refractivity contribution in [1.29, 1.82) is 0 Å². The monoisotopic (exact) mass is 461 g/mol. The average molecular weight is 462 g/mol. The number of benzene rings is 2. The lowest BCUT2D eigenvalue weighted by Crippen LogP contribution is -2.12. The molecule has 1 N–H and O–H groups in total. The number of hydrogen-bond acceptors (Lipinski definition) is 7. The molecule has 0 bridgehead atoms. The number of non-ortho nitro benzene ring substituents is 2. The van der Waals surface area contributed by atoms with Gasteiger partial charge in [-0.2, -0.15) is 5.10 Å². The molecule has 11 nitrogen and oxygen atoms in total. The van der Waals surface area contributed by atoms with Gasteiger partial charge in [0.15, 0.2) is 6.73 Å². The Balaban J connectivity index is 1.69. The standard InChI is InChI=1S/C17H12BrN5O6/c18-12-1-3-16(4-2-12)29-10-21-9-13(8-19-21)20-17(24)11-5-14(22(25)26)7-15(6-11)23(27)28/h1-9H,10H2,(H,20,24). The molecule has 3 aromatic rings. The molecule has 0 fully saturated rings. The zero-order valence-corrected chi connectivity index (χ0v) is 16.1. The molecule has 0 aliphatic rings. The van der Waals surface area contributed by atoms with Crippen molar-refractivity contribution >= 4 is 38.9 Å². The fraction of sp³-hybridized carbons (Fsp3) is 0.0588. The molecule has 0 spiro atoms. The maximum atomic E-state index is 12.4. The number of amides is 1. The minimum atomic E-state index is -0.804. The van der Waals surface area contributed by atoms with E-state index in [1.807, 2.05) is 12.1 Å². The fourth-order valence-electron chi connectivity index (χ4n) is 2.31. The number of carbonyl (C=O) groups excluding carboxylic acids is 1. The molecular formula is C17H12BrN5O6. The second-order valence-electron chi connectivity index (χ2n) is 5.70. The number of rotatable bonds is 7. The van der Waals surface area contributed by atoms with Gasteiger partial charge < -0.3 is 10.1 Å². The highest BCUT2D eigenvalue weighted by Gasteiger charge is 2.20. The summed E-state index contributed by atoms with van der Waals surface area (Å²) in [4.78, 5) is 32.6. The van der Waals surface area contributed by atoms with Crippen LogP contribution >= 0.6 is 15.9 Å². The molecule has 0 aliphatic heterocycles. The van der Waals surface area contributed by atoms with E-state index in [4.69, 9.17) is 4.74 Å². The maximum absolute atomic E-state index is 12.4. The van der Waals surface area contributed by atoms with Gasteiger partial charge in [0.2, 0.25) is 0 Å². The molecule has 0 atom stereocenters. The first-order valence-electron chi connectivity index (χ1n) is 7.98. The molecule has 12 heteroatoms. The Kier molecular flexibility index (Phi) is 5.83. The SMILES string of the molecule is O=C(Nc1cnn(COc2ccc(Br)cc2)c1)c1cc([N+](=O)[O-])cc([N+](=O)[O-])c1. The molecule has 0 aliphatic carbocycles. The number of aromatic nitrogens is 2. The van der Waals surface area contributed by atoms with Crippen molar-refractivity contribution in [2.24, 2.45) is 0 Å². The lowest BCUT2D eigenvalue weighted by Gasteiger charge is -2.06. The van der Waals surface area contributed by atoms with Gasteiger partial charge in [-0.05, 0) is 24.3 Å². The number of nitrogens with one attached hydrogen (secondary N) is 1. The van der Waals surface area contributed by atoms with E-state index in [9.17, 15) is 25.0 Å². The molecule has 0 saturated heterocycles. The zero-order chi connectivity index (χ0) is 21.0. The summed E-state index contributed by atoms with van der Waals surface area (Å²) < 4.78 is 7.89. The van der Waals surface area contributed by atoms with Crippen molar-refractivity contribution in [3.63, 3.8) is 0 Å². The quantitative estimate of drug-likeness (QED) is 0.416. The van der Waals surface area contributed by atoms with E-state index >= 15 is 0 Å². The van der Waals surface area contributed by atoms with Gasteiger partial charge in [0.1, 0.15) is 5.75 Å². The van der Waals surface area contributed by atoms with Crippen molar-refractivity contribution in [3.05, 3.63) is 85.1 Å². The van der Waals surface area contributed by atoms with Crippen LogP contribution in [0.4, 0.5) is 17.1 Å². The van der Waals surface area contributed by atoms with Gasteiger partial charge in [-0.1, -0.05) is 15.9 Å². The summed E-state index contributed by atoms with van der Waals surface area (Å²) in [5.74, 6) is -0.122. The molecule has 1 amide bonds. The Morgan fingerprint density at radius 1 is 1.10 bits per heavy atom. The molecule has 0 saturated carbocycles. The number of ether oxygens (including phenoxy) is 1. The molecule has 1 heterocycles. The Bertz CT molecular complexity index is 1050. The minimum absolute atomic E-state index is 0.0831. The van der Waals surface area contributed by atoms with Crippen molar-refractivity contribution in [1.82, 2.24) is 9.78 Å². The van der Waals surface area contributed by atoms with E-state index in [1.165, 1.54) is 17.1 Å². The first-order chi connectivity index (χ1) is 13.8. The van der Waals surface area contributed by atoms with Gasteiger partial charge in [0.05, 0.1) is 39.6 Å². The van der Waals surface area contributed by atoms with Gasteiger partial charge in [-0.15, -0.1) is 0 Å². The van der Waals surface area contributed by atoms with E-state index in [0.29, 0.717) is 11.4 Å². The second-order valence-corrected chi connectivity index (χ2v) is 6.62. The second kappa shape index (κ2) is 8.48. The van der Waals surface area contributed by atoms with E-state index in [0.717, 1.165) is 22.7 Å². The summed E-state index contributed by atoms with van der Waals surface area (Å²) in [7, 11) is 0. The molecular weight excluding hydrogens is 450 g/mol. The summed E-state index contributed by atoms with van der Waals surface area (Å²) in [5, 5.41) is 28.4. The number of nitro benzene ring substituents is 2. The van der Waals surface area contributed by atoms with Crippen LogP contribution in [0.3, 0.4) is 0 Å². The summed E-state index contributed by atoms with van der Waals surface area (Å²) in [6.07, 6.45) is 2.84. The largest absolute Gasteiger partial charge is 0.471 e. The highest BCUT2D eigenvalue weighted by atomic mass is 79.9. The zero-order valence-electron chi connectivity index (χ0n) is 14.5. The fourth-order valence-corrected chi connectivity index (χ4v) is 2.57. The smallest absolute Gasteiger partial charge is 0.277 e. The number of carbonyl (C=O) groups is 1. The van der Waals surface area contributed by atoms with Crippen LogP contribution in [0.1, 0.15) is 10.4 Å². The van der Waals surface area contributed by atoms with Crippen LogP contribution in [0.2, 0.25) is 0 Å². The number of nitrogens with zero attached hydrogens (tertiary/aromatic N) is 4. The Morgan fingerprint density at radius 2 is 1.72 bits per heavy atom. The molecule has 0 unspecified atom stereocenters. The van der Waals surface area contributed by atoms with Crippen LogP contribution in [0.5, 0.6) is 5.75 Å². The predicted octanol–water partition coefficient (Wildman–Crippen LogP) is 3.75. The molecule has 0 radical (unpaired) electrons. The van der Waals surface area contributed by atoms with E-state index < -0.39 is 27.1 Å². The van der Waals surface area contributed by atoms with Gasteiger partial charge in [-0.25, -0.2) is 4.68 Å². The van der Waals surface area contributed by atoms with Crippen LogP contribution in [0.15, 0.2) is 59.3 Å². The molecule has 3 rings (SSSR count). The van der Waals surface area contributed by atoms with E-state index in [1.54, 1.807) is 12.1 Å². The number of nitro groups is 2. The van der Waals surface area contributed by atoms with Gasteiger partial charge >= 0.3 is 0 Å². The molecule has 1 aromatic heterocycles. The predicted molar refractivity (Wildman–Crippen MR) is 105 cm³/mol. The third kappa shape index (κ3) is 5.13. The highest BCUT2D eigenvalue weighted by Crippen LogP contribution is 2.23. The maximum Gasteiger partial charge on any atom is 0.277 e. The average Bonchev–Trinajstić information content (AvgIpc) is 3.14. The molecule has 29 heavy (non-hydrogen) atoms. The summed E-state index contributed by atoms with van der Waals surface area (Å²) in [5.41, 5.74) is -1.03. The first-order valence-corrected chi connectivity index (χ1v) is 8.77. The van der Waals surface area contributed by atoms with Crippen LogP contribution < -0.4 is 10.1 Å². The van der Waals surface area contributed by atoms with Gasteiger partial charge in [0.25, 0.3) is 17.3 Å². The summed E-state index contributed by atoms with van der Waals surface area (Å²) in [6.45, 7) is 0.0831. The Hall–Kier alpha value is -3.80. The van der Waals surface area contributed by atoms with Crippen LogP contribution in [-0.2, 0) is 6.73 Å². The summed E-state index contributed by atoms with van der Waals surface area (Å²) >= 11 is 3.32. The van der Waals surface area contributed by atoms with E-state index in [2.05, 4.69) is 26.3 Å². The number of hydrogen-bond donors (Lipinski definition) is 1.